The Labute approximate surface area is 180 Å². The molecule has 2 fully saturated rings. The third-order valence-corrected chi connectivity index (χ3v) is 5.96. The fraction of sp³-hybridized carbons (Fsp3) is 0.591. The Morgan fingerprint density at radius 2 is 1.97 bits per heavy atom. The highest BCUT2D eigenvalue weighted by atomic mass is 16.5. The standard InChI is InChI=1S/C22H28N4O5/c1-13-19(31-16-6-5-15(9-16)10-20(27)28)8-7-17(23-13)22-18(26(2)25-24-22)11-21(29)30-12-14-3-4-14/h7-8,14-16H,3-6,9-12H2,1-2H3,(H,27,28)/t15-,16-/m0/s1. The van der Waals surface area contributed by atoms with Crippen molar-refractivity contribution in [2.24, 2.45) is 18.9 Å². The van der Waals surface area contributed by atoms with Crippen molar-refractivity contribution in [3.63, 3.8) is 0 Å². The van der Waals surface area contributed by atoms with E-state index in [0.717, 1.165) is 32.1 Å². The van der Waals surface area contributed by atoms with Gasteiger partial charge in [0.25, 0.3) is 0 Å². The number of nitrogens with zero attached hydrogens (tertiary/aromatic N) is 4. The summed E-state index contributed by atoms with van der Waals surface area (Å²) in [5.74, 6) is 0.316. The van der Waals surface area contributed by atoms with Crippen LogP contribution in [0.25, 0.3) is 11.4 Å². The van der Waals surface area contributed by atoms with Crippen molar-refractivity contribution in [2.45, 2.75) is 58.0 Å². The number of pyridine rings is 1. The van der Waals surface area contributed by atoms with E-state index in [1.807, 2.05) is 19.1 Å². The molecule has 1 N–H and O–H groups in total. The molecule has 0 bridgehead atoms. The number of aliphatic carboxylic acids is 1. The topological polar surface area (TPSA) is 116 Å². The lowest BCUT2D eigenvalue weighted by Gasteiger charge is -2.16. The quantitative estimate of drug-likeness (QED) is 0.606. The monoisotopic (exact) mass is 428 g/mol. The van der Waals surface area contributed by atoms with Crippen LogP contribution in [-0.2, 0) is 27.8 Å². The molecule has 2 aliphatic rings. The van der Waals surface area contributed by atoms with Gasteiger partial charge in [-0.25, -0.2) is 4.98 Å². The molecule has 0 spiro atoms. The summed E-state index contributed by atoms with van der Waals surface area (Å²) in [6, 6.07) is 3.67. The van der Waals surface area contributed by atoms with Gasteiger partial charge in [0.05, 0.1) is 36.2 Å². The molecule has 166 valence electrons. The van der Waals surface area contributed by atoms with Crippen molar-refractivity contribution in [3.05, 3.63) is 23.5 Å². The van der Waals surface area contributed by atoms with Gasteiger partial charge in [-0.05, 0) is 63.0 Å². The van der Waals surface area contributed by atoms with E-state index in [9.17, 15) is 9.59 Å². The number of ether oxygens (including phenoxy) is 2. The van der Waals surface area contributed by atoms with Crippen LogP contribution in [0.2, 0.25) is 0 Å². The number of rotatable bonds is 9. The first-order valence-corrected chi connectivity index (χ1v) is 10.8. The molecule has 2 atom stereocenters. The summed E-state index contributed by atoms with van der Waals surface area (Å²) in [5, 5.41) is 17.2. The highest BCUT2D eigenvalue weighted by molar-refractivity contribution is 5.75. The summed E-state index contributed by atoms with van der Waals surface area (Å²) in [5.41, 5.74) is 2.56. The third-order valence-electron chi connectivity index (χ3n) is 5.96. The van der Waals surface area contributed by atoms with E-state index in [2.05, 4.69) is 15.3 Å². The number of carboxylic acids is 1. The van der Waals surface area contributed by atoms with Crippen molar-refractivity contribution in [1.29, 1.82) is 0 Å². The lowest BCUT2D eigenvalue weighted by atomic mass is 10.0. The van der Waals surface area contributed by atoms with Gasteiger partial charge in [0, 0.05) is 13.5 Å². The molecule has 9 nitrogen and oxygen atoms in total. The molecule has 2 aromatic heterocycles. The SMILES string of the molecule is Cc1nc(-c2nnn(C)c2CC(=O)OCC2CC2)ccc1O[C@H]1CC[C@H](CC(=O)O)C1. The molecule has 2 saturated carbocycles. The molecule has 2 aliphatic carbocycles. The molecule has 0 aromatic carbocycles. The first kappa shape index (κ1) is 21.3. The van der Waals surface area contributed by atoms with Gasteiger partial charge in [0.15, 0.2) is 0 Å². The Morgan fingerprint density at radius 1 is 1.19 bits per heavy atom. The van der Waals surface area contributed by atoms with Gasteiger partial charge in [-0.2, -0.15) is 0 Å². The Kier molecular flexibility index (Phi) is 6.20. The number of aryl methyl sites for hydroxylation is 2. The maximum absolute atomic E-state index is 12.2. The van der Waals surface area contributed by atoms with E-state index in [-0.39, 0.29) is 30.8 Å². The molecule has 0 aliphatic heterocycles. The Hall–Kier alpha value is -2.97. The fourth-order valence-electron chi connectivity index (χ4n) is 4.01. The van der Waals surface area contributed by atoms with Gasteiger partial charge >= 0.3 is 11.9 Å². The molecule has 2 heterocycles. The van der Waals surface area contributed by atoms with Crippen LogP contribution in [0.1, 0.15) is 49.9 Å². The molecule has 0 radical (unpaired) electrons. The van der Waals surface area contributed by atoms with E-state index in [1.165, 1.54) is 0 Å². The lowest BCUT2D eigenvalue weighted by molar-refractivity contribution is -0.143. The second kappa shape index (κ2) is 9.03. The summed E-state index contributed by atoms with van der Waals surface area (Å²) in [7, 11) is 1.75. The van der Waals surface area contributed by atoms with Crippen molar-refractivity contribution in [3.8, 4) is 17.1 Å². The predicted molar refractivity (Wildman–Crippen MR) is 110 cm³/mol. The molecular weight excluding hydrogens is 400 g/mol. The number of aromatic nitrogens is 4. The minimum atomic E-state index is -0.760. The number of carbonyl (C=O) groups is 2. The van der Waals surface area contributed by atoms with Gasteiger partial charge in [-0.1, -0.05) is 5.21 Å². The number of hydrogen-bond donors (Lipinski definition) is 1. The largest absolute Gasteiger partial charge is 0.489 e. The minimum absolute atomic E-state index is 0.00372. The van der Waals surface area contributed by atoms with Crippen LogP contribution in [0.3, 0.4) is 0 Å². The molecule has 4 rings (SSSR count). The number of carboxylic acid groups (broad SMARTS) is 1. The number of esters is 1. The minimum Gasteiger partial charge on any atom is -0.489 e. The molecule has 0 saturated heterocycles. The first-order chi connectivity index (χ1) is 14.9. The van der Waals surface area contributed by atoms with Crippen molar-refractivity contribution < 1.29 is 24.2 Å². The second-order valence-electron chi connectivity index (χ2n) is 8.61. The highest BCUT2D eigenvalue weighted by Crippen LogP contribution is 2.33. The van der Waals surface area contributed by atoms with Crippen molar-refractivity contribution >= 4 is 11.9 Å². The zero-order chi connectivity index (χ0) is 22.0. The van der Waals surface area contributed by atoms with E-state index < -0.39 is 5.97 Å². The molecule has 0 amide bonds. The number of hydrogen-bond acceptors (Lipinski definition) is 7. The van der Waals surface area contributed by atoms with Gasteiger partial charge in [-0.15, -0.1) is 5.10 Å². The summed E-state index contributed by atoms with van der Waals surface area (Å²) < 4.78 is 13.0. The highest BCUT2D eigenvalue weighted by Gasteiger charge is 2.28. The Morgan fingerprint density at radius 3 is 2.68 bits per heavy atom. The van der Waals surface area contributed by atoms with Gasteiger partial charge < -0.3 is 14.6 Å². The van der Waals surface area contributed by atoms with Crippen LogP contribution in [0.5, 0.6) is 5.75 Å². The van der Waals surface area contributed by atoms with E-state index in [1.54, 1.807) is 11.7 Å². The van der Waals surface area contributed by atoms with Crippen molar-refractivity contribution in [2.75, 3.05) is 6.61 Å². The van der Waals surface area contributed by atoms with Crippen LogP contribution in [0, 0.1) is 18.8 Å². The average molecular weight is 428 g/mol. The van der Waals surface area contributed by atoms with Crippen LogP contribution >= 0.6 is 0 Å². The lowest BCUT2D eigenvalue weighted by Crippen LogP contribution is -2.14. The maximum atomic E-state index is 12.2. The molecule has 9 heteroatoms. The Balaban J connectivity index is 1.42. The fourth-order valence-corrected chi connectivity index (χ4v) is 4.01. The number of carbonyl (C=O) groups excluding carboxylic acids is 1. The Bertz CT molecular complexity index is 969. The summed E-state index contributed by atoms with van der Waals surface area (Å²) >= 11 is 0. The normalized spacial score (nSPS) is 20.6. The first-order valence-electron chi connectivity index (χ1n) is 10.8. The summed E-state index contributed by atoms with van der Waals surface area (Å²) in [6.45, 7) is 2.35. The predicted octanol–water partition coefficient (Wildman–Crippen LogP) is 2.70. The van der Waals surface area contributed by atoms with Crippen molar-refractivity contribution in [1.82, 2.24) is 20.0 Å². The van der Waals surface area contributed by atoms with E-state index in [4.69, 9.17) is 14.6 Å². The molecule has 31 heavy (non-hydrogen) atoms. The molecular formula is C22H28N4O5. The van der Waals surface area contributed by atoms with Crippen LogP contribution in [0.4, 0.5) is 0 Å². The van der Waals surface area contributed by atoms with Crippen LogP contribution in [-0.4, -0.2) is 49.7 Å². The molecule has 0 unspecified atom stereocenters. The zero-order valence-corrected chi connectivity index (χ0v) is 17.9. The summed E-state index contributed by atoms with van der Waals surface area (Å²) in [6.07, 6.45) is 4.99. The smallest absolute Gasteiger partial charge is 0.311 e. The van der Waals surface area contributed by atoms with Gasteiger partial charge in [0.1, 0.15) is 11.4 Å². The van der Waals surface area contributed by atoms with E-state index >= 15 is 0 Å². The average Bonchev–Trinajstić information content (AvgIpc) is 3.35. The van der Waals surface area contributed by atoms with Crippen LogP contribution in [0.15, 0.2) is 12.1 Å². The second-order valence-corrected chi connectivity index (χ2v) is 8.61. The van der Waals surface area contributed by atoms with Crippen LogP contribution < -0.4 is 4.74 Å². The molecule has 2 aromatic rings. The third kappa shape index (κ3) is 5.39. The summed E-state index contributed by atoms with van der Waals surface area (Å²) in [4.78, 5) is 27.8. The van der Waals surface area contributed by atoms with Gasteiger partial charge in [-0.3, -0.25) is 14.3 Å². The maximum Gasteiger partial charge on any atom is 0.311 e. The van der Waals surface area contributed by atoms with E-state index in [0.29, 0.717) is 41.1 Å². The zero-order valence-electron chi connectivity index (χ0n) is 17.9. The van der Waals surface area contributed by atoms with Gasteiger partial charge in [0.2, 0.25) is 0 Å².